The number of amides is 1. The van der Waals surface area contributed by atoms with Crippen LogP contribution >= 0.6 is 11.3 Å². The van der Waals surface area contributed by atoms with Crippen molar-refractivity contribution in [1.82, 2.24) is 4.57 Å². The van der Waals surface area contributed by atoms with Crippen LogP contribution < -0.4 is 4.80 Å². The summed E-state index contributed by atoms with van der Waals surface area (Å²) < 4.78 is 11.8. The minimum Gasteiger partial charge on any atom is -0.468 e. The van der Waals surface area contributed by atoms with Crippen LogP contribution in [0.5, 0.6) is 0 Å². The minimum atomic E-state index is -0.476. The van der Waals surface area contributed by atoms with Gasteiger partial charge in [0.15, 0.2) is 4.80 Å². The average Bonchev–Trinajstić information content (AvgIpc) is 3.08. The van der Waals surface area contributed by atoms with E-state index in [1.807, 2.05) is 30.3 Å². The lowest BCUT2D eigenvalue weighted by atomic mass is 10.2. The van der Waals surface area contributed by atoms with Crippen molar-refractivity contribution in [2.45, 2.75) is 6.54 Å². The highest BCUT2D eigenvalue weighted by Crippen LogP contribution is 2.20. The maximum absolute atomic E-state index is 12.3. The summed E-state index contributed by atoms with van der Waals surface area (Å²) in [5.41, 5.74) is 1.90. The first-order valence-corrected chi connectivity index (χ1v) is 9.44. The van der Waals surface area contributed by atoms with Gasteiger partial charge in [-0.15, -0.1) is 0 Å². The van der Waals surface area contributed by atoms with Gasteiger partial charge in [0.1, 0.15) is 6.54 Å². The van der Waals surface area contributed by atoms with Gasteiger partial charge < -0.3 is 14.0 Å². The predicted octanol–water partition coefficient (Wildman–Crippen LogP) is 2.80. The van der Waals surface area contributed by atoms with Crippen LogP contribution in [0.15, 0.2) is 59.6 Å². The Bertz CT molecular complexity index is 1160. The van der Waals surface area contributed by atoms with Gasteiger partial charge in [0.2, 0.25) is 0 Å². The Hall–Kier alpha value is -3.52. The van der Waals surface area contributed by atoms with E-state index in [1.165, 1.54) is 31.6 Å². The SMILES string of the molecule is COC(=O)Cn1c(=NC(=O)C=Cc2ccccc2)sc2cc(C(=O)OC)ccc21. The number of hydrogen-bond donors (Lipinski definition) is 0. The number of carbonyl (C=O) groups is 3. The standard InChI is InChI=1S/C21H18N2O5S/c1-27-19(25)13-23-16-10-9-15(20(26)28-2)12-17(16)29-21(23)22-18(24)11-8-14-6-4-3-5-7-14/h3-12H,13H2,1-2H3. The van der Waals surface area contributed by atoms with E-state index in [9.17, 15) is 14.4 Å². The molecule has 1 aromatic heterocycles. The summed E-state index contributed by atoms with van der Waals surface area (Å²) >= 11 is 1.19. The van der Waals surface area contributed by atoms with E-state index in [0.717, 1.165) is 5.56 Å². The fourth-order valence-corrected chi connectivity index (χ4v) is 3.69. The molecule has 0 N–H and O–H groups in total. The lowest BCUT2D eigenvalue weighted by molar-refractivity contribution is -0.141. The molecule has 0 spiro atoms. The maximum atomic E-state index is 12.3. The van der Waals surface area contributed by atoms with Crippen LogP contribution in [0.1, 0.15) is 15.9 Å². The van der Waals surface area contributed by atoms with Crippen LogP contribution in [0.2, 0.25) is 0 Å². The Morgan fingerprint density at radius 3 is 2.52 bits per heavy atom. The zero-order valence-electron chi connectivity index (χ0n) is 15.8. The van der Waals surface area contributed by atoms with Gasteiger partial charge in [-0.05, 0) is 29.8 Å². The number of rotatable bonds is 5. The molecule has 1 amide bonds. The van der Waals surface area contributed by atoms with Crippen molar-refractivity contribution >= 4 is 45.5 Å². The molecule has 0 atom stereocenters. The quantitative estimate of drug-likeness (QED) is 0.477. The zero-order chi connectivity index (χ0) is 20.8. The molecule has 29 heavy (non-hydrogen) atoms. The molecule has 1 heterocycles. The Morgan fingerprint density at radius 1 is 1.07 bits per heavy atom. The summed E-state index contributed by atoms with van der Waals surface area (Å²) in [5.74, 6) is -1.41. The average molecular weight is 410 g/mol. The van der Waals surface area contributed by atoms with Crippen LogP contribution in [-0.2, 0) is 25.6 Å². The Morgan fingerprint density at radius 2 is 1.83 bits per heavy atom. The molecule has 0 saturated heterocycles. The molecule has 148 valence electrons. The number of aromatic nitrogens is 1. The molecule has 0 saturated carbocycles. The molecular formula is C21H18N2O5S. The van der Waals surface area contributed by atoms with Crippen LogP contribution in [0, 0.1) is 0 Å². The van der Waals surface area contributed by atoms with Gasteiger partial charge in [0.25, 0.3) is 5.91 Å². The van der Waals surface area contributed by atoms with Crippen molar-refractivity contribution in [2.75, 3.05) is 14.2 Å². The van der Waals surface area contributed by atoms with E-state index < -0.39 is 17.8 Å². The number of carbonyl (C=O) groups excluding carboxylic acids is 3. The van der Waals surface area contributed by atoms with Crippen molar-refractivity contribution in [1.29, 1.82) is 0 Å². The number of fused-ring (bicyclic) bond motifs is 1. The largest absolute Gasteiger partial charge is 0.468 e. The van der Waals surface area contributed by atoms with Crippen LogP contribution in [-0.4, -0.2) is 36.6 Å². The number of benzene rings is 2. The third kappa shape index (κ3) is 4.85. The molecule has 8 heteroatoms. The highest BCUT2D eigenvalue weighted by molar-refractivity contribution is 7.16. The number of nitrogens with zero attached hydrogens (tertiary/aromatic N) is 2. The van der Waals surface area contributed by atoms with E-state index in [4.69, 9.17) is 9.47 Å². The van der Waals surface area contributed by atoms with Gasteiger partial charge in [-0.25, -0.2) is 4.79 Å². The lowest BCUT2D eigenvalue weighted by Crippen LogP contribution is -2.22. The molecule has 0 aliphatic heterocycles. The number of thiazole rings is 1. The Labute approximate surface area is 170 Å². The van der Waals surface area contributed by atoms with Crippen molar-refractivity contribution in [3.63, 3.8) is 0 Å². The molecule has 7 nitrogen and oxygen atoms in total. The topological polar surface area (TPSA) is 87.0 Å². The number of hydrogen-bond acceptors (Lipinski definition) is 6. The van der Waals surface area contributed by atoms with E-state index in [0.29, 0.717) is 20.6 Å². The third-order valence-electron chi connectivity index (χ3n) is 4.04. The normalized spacial score (nSPS) is 11.7. The lowest BCUT2D eigenvalue weighted by Gasteiger charge is -2.04. The highest BCUT2D eigenvalue weighted by atomic mass is 32.1. The fourth-order valence-electron chi connectivity index (χ4n) is 2.61. The molecule has 0 unspecified atom stereocenters. The molecule has 0 fully saturated rings. The van der Waals surface area contributed by atoms with Crippen LogP contribution in [0.25, 0.3) is 16.3 Å². The van der Waals surface area contributed by atoms with Crippen molar-refractivity contribution in [3.05, 3.63) is 70.5 Å². The van der Waals surface area contributed by atoms with Crippen molar-refractivity contribution in [2.24, 2.45) is 4.99 Å². The second-order valence-electron chi connectivity index (χ2n) is 5.92. The molecule has 0 bridgehead atoms. The molecule has 0 radical (unpaired) electrons. The number of ether oxygens (including phenoxy) is 2. The molecular weight excluding hydrogens is 392 g/mol. The van der Waals surface area contributed by atoms with Gasteiger partial charge in [-0.2, -0.15) is 4.99 Å². The molecule has 0 aliphatic carbocycles. The third-order valence-corrected chi connectivity index (χ3v) is 5.08. The van der Waals surface area contributed by atoms with Crippen molar-refractivity contribution in [3.8, 4) is 0 Å². The molecule has 2 aromatic carbocycles. The molecule has 3 aromatic rings. The monoisotopic (exact) mass is 410 g/mol. The Balaban J connectivity index is 2.04. The number of methoxy groups -OCH3 is 2. The predicted molar refractivity (Wildman–Crippen MR) is 109 cm³/mol. The van der Waals surface area contributed by atoms with Gasteiger partial charge >= 0.3 is 11.9 Å². The second kappa shape index (κ2) is 9.11. The summed E-state index contributed by atoms with van der Waals surface area (Å²) in [6.45, 7) is -0.109. The van der Waals surface area contributed by atoms with Crippen molar-refractivity contribution < 1.29 is 23.9 Å². The molecule has 3 rings (SSSR count). The van der Waals surface area contributed by atoms with Gasteiger partial charge in [0.05, 0.1) is 30.0 Å². The van der Waals surface area contributed by atoms with Crippen LogP contribution in [0.4, 0.5) is 0 Å². The zero-order valence-corrected chi connectivity index (χ0v) is 16.6. The summed E-state index contributed by atoms with van der Waals surface area (Å²) in [6.07, 6.45) is 3.03. The number of esters is 2. The summed E-state index contributed by atoms with van der Waals surface area (Å²) in [5, 5.41) is 0. The minimum absolute atomic E-state index is 0.109. The van der Waals surface area contributed by atoms with E-state index in [1.54, 1.807) is 28.8 Å². The summed E-state index contributed by atoms with van der Waals surface area (Å²) in [7, 11) is 2.59. The first-order valence-electron chi connectivity index (χ1n) is 8.62. The fraction of sp³-hybridized carbons (Fsp3) is 0.143. The van der Waals surface area contributed by atoms with Gasteiger partial charge in [-0.3, -0.25) is 9.59 Å². The first-order chi connectivity index (χ1) is 14.0. The highest BCUT2D eigenvalue weighted by Gasteiger charge is 2.14. The second-order valence-corrected chi connectivity index (χ2v) is 6.92. The van der Waals surface area contributed by atoms with E-state index >= 15 is 0 Å². The van der Waals surface area contributed by atoms with Gasteiger partial charge in [0, 0.05) is 6.08 Å². The smallest absolute Gasteiger partial charge is 0.337 e. The van der Waals surface area contributed by atoms with E-state index in [-0.39, 0.29) is 6.54 Å². The van der Waals surface area contributed by atoms with Crippen LogP contribution in [0.3, 0.4) is 0 Å². The first kappa shape index (κ1) is 20.2. The Kier molecular flexibility index (Phi) is 6.36. The van der Waals surface area contributed by atoms with E-state index in [2.05, 4.69) is 4.99 Å². The van der Waals surface area contributed by atoms with Gasteiger partial charge in [-0.1, -0.05) is 41.7 Å². The molecule has 0 aliphatic rings. The maximum Gasteiger partial charge on any atom is 0.337 e. The summed E-state index contributed by atoms with van der Waals surface area (Å²) in [6, 6.07) is 14.3. The summed E-state index contributed by atoms with van der Waals surface area (Å²) in [4.78, 5) is 40.4.